The van der Waals surface area contributed by atoms with E-state index < -0.39 is 0 Å². The van der Waals surface area contributed by atoms with E-state index in [1.54, 1.807) is 10.5 Å². The van der Waals surface area contributed by atoms with Crippen molar-refractivity contribution in [2.45, 2.75) is 45.7 Å². The topological polar surface area (TPSA) is 4.44 Å². The maximum atomic E-state index is 2.31. The van der Waals surface area contributed by atoms with Gasteiger partial charge in [-0.3, -0.25) is 0 Å². The molecule has 0 bridgehead atoms. The average molecular weight is 280 g/mol. The monoisotopic (exact) mass is 280 g/mol. The SMILES string of the molecule is CC(C)(C)c1ccc(C[NH+]2CCc3ccccc3C2)cc1. The van der Waals surface area contributed by atoms with Crippen LogP contribution < -0.4 is 4.90 Å². The number of benzene rings is 2. The molecule has 110 valence electrons. The molecule has 1 heterocycles. The molecule has 1 atom stereocenters. The van der Waals surface area contributed by atoms with Crippen molar-refractivity contribution in [2.24, 2.45) is 0 Å². The van der Waals surface area contributed by atoms with Gasteiger partial charge in [0, 0.05) is 17.5 Å². The van der Waals surface area contributed by atoms with Crippen molar-refractivity contribution in [1.29, 1.82) is 0 Å². The first-order valence-electron chi connectivity index (χ1n) is 8.02. The number of hydrogen-bond acceptors (Lipinski definition) is 0. The first-order chi connectivity index (χ1) is 10.0. The molecule has 2 aromatic rings. The molecule has 1 nitrogen and oxygen atoms in total. The predicted octanol–water partition coefficient (Wildman–Crippen LogP) is 3.13. The minimum Gasteiger partial charge on any atom is -0.327 e. The lowest BCUT2D eigenvalue weighted by atomic mass is 9.86. The van der Waals surface area contributed by atoms with E-state index in [1.807, 2.05) is 0 Å². The van der Waals surface area contributed by atoms with Crippen LogP contribution in [0.15, 0.2) is 48.5 Å². The second kappa shape index (κ2) is 5.65. The van der Waals surface area contributed by atoms with E-state index in [0.29, 0.717) is 0 Å². The Labute approximate surface area is 128 Å². The summed E-state index contributed by atoms with van der Waals surface area (Å²) in [5, 5.41) is 0. The summed E-state index contributed by atoms with van der Waals surface area (Å²) in [6.45, 7) is 10.4. The Balaban J connectivity index is 1.68. The second-order valence-electron chi connectivity index (χ2n) is 7.32. The molecule has 1 N–H and O–H groups in total. The van der Waals surface area contributed by atoms with Gasteiger partial charge in [0.25, 0.3) is 0 Å². The molecule has 3 rings (SSSR count). The number of hydrogen-bond donors (Lipinski definition) is 1. The normalized spacial score (nSPS) is 18.3. The van der Waals surface area contributed by atoms with Gasteiger partial charge in [-0.15, -0.1) is 0 Å². The van der Waals surface area contributed by atoms with Gasteiger partial charge in [0.15, 0.2) is 0 Å². The summed E-state index contributed by atoms with van der Waals surface area (Å²) < 4.78 is 0. The maximum Gasteiger partial charge on any atom is 0.103 e. The second-order valence-corrected chi connectivity index (χ2v) is 7.32. The van der Waals surface area contributed by atoms with Crippen LogP contribution in [0.3, 0.4) is 0 Å². The van der Waals surface area contributed by atoms with Crippen LogP contribution in [0.5, 0.6) is 0 Å². The Morgan fingerprint density at radius 2 is 1.57 bits per heavy atom. The minimum absolute atomic E-state index is 0.245. The van der Waals surface area contributed by atoms with Crippen molar-refractivity contribution >= 4 is 0 Å². The van der Waals surface area contributed by atoms with Crippen LogP contribution in [0, 0.1) is 0 Å². The smallest absolute Gasteiger partial charge is 0.103 e. The van der Waals surface area contributed by atoms with Crippen molar-refractivity contribution < 1.29 is 4.90 Å². The van der Waals surface area contributed by atoms with Gasteiger partial charge in [-0.1, -0.05) is 69.3 Å². The zero-order valence-electron chi connectivity index (χ0n) is 13.4. The standard InChI is InChI=1S/C20H25N/c1-20(2,3)19-10-8-16(9-11-19)14-21-13-12-17-6-4-5-7-18(17)15-21/h4-11H,12-15H2,1-3H3/p+1. The van der Waals surface area contributed by atoms with Gasteiger partial charge in [-0.05, 0) is 16.5 Å². The zero-order chi connectivity index (χ0) is 14.9. The van der Waals surface area contributed by atoms with Crippen LogP contribution in [0.4, 0.5) is 0 Å². The third-order valence-electron chi connectivity index (χ3n) is 4.58. The largest absolute Gasteiger partial charge is 0.327 e. The molecule has 0 fully saturated rings. The maximum absolute atomic E-state index is 2.31. The van der Waals surface area contributed by atoms with Gasteiger partial charge < -0.3 is 4.90 Å². The van der Waals surface area contributed by atoms with Crippen LogP contribution in [-0.4, -0.2) is 6.54 Å². The van der Waals surface area contributed by atoms with Gasteiger partial charge >= 0.3 is 0 Å². The molecule has 0 aliphatic carbocycles. The minimum atomic E-state index is 0.245. The lowest BCUT2D eigenvalue weighted by Gasteiger charge is -2.26. The van der Waals surface area contributed by atoms with E-state index in [-0.39, 0.29) is 5.41 Å². The van der Waals surface area contributed by atoms with Crippen LogP contribution in [0.2, 0.25) is 0 Å². The van der Waals surface area contributed by atoms with Crippen LogP contribution in [-0.2, 0) is 24.9 Å². The quantitative estimate of drug-likeness (QED) is 0.862. The lowest BCUT2D eigenvalue weighted by molar-refractivity contribution is -0.929. The van der Waals surface area contributed by atoms with E-state index >= 15 is 0 Å². The zero-order valence-corrected chi connectivity index (χ0v) is 13.4. The fourth-order valence-electron chi connectivity index (χ4n) is 3.21. The van der Waals surface area contributed by atoms with Crippen molar-refractivity contribution in [3.8, 4) is 0 Å². The number of fused-ring (bicyclic) bond motifs is 1. The Morgan fingerprint density at radius 1 is 0.905 bits per heavy atom. The molecule has 1 heteroatoms. The predicted molar refractivity (Wildman–Crippen MR) is 88.5 cm³/mol. The molecule has 1 aliphatic rings. The highest BCUT2D eigenvalue weighted by Gasteiger charge is 2.19. The van der Waals surface area contributed by atoms with Crippen molar-refractivity contribution in [3.63, 3.8) is 0 Å². The summed E-state index contributed by atoms with van der Waals surface area (Å²) in [5.41, 5.74) is 6.20. The molecule has 0 spiro atoms. The molecule has 1 aliphatic heterocycles. The Bertz CT molecular complexity index is 604. The number of quaternary nitrogens is 1. The molecule has 0 aromatic heterocycles. The van der Waals surface area contributed by atoms with Crippen molar-refractivity contribution in [2.75, 3.05) is 6.54 Å². The molecule has 1 unspecified atom stereocenters. The third kappa shape index (κ3) is 3.36. The van der Waals surface area contributed by atoms with E-state index in [1.165, 1.54) is 29.7 Å². The molecule has 2 aromatic carbocycles. The Hall–Kier alpha value is -1.60. The fraction of sp³-hybridized carbons (Fsp3) is 0.400. The molecule has 0 amide bonds. The molecule has 21 heavy (non-hydrogen) atoms. The fourth-order valence-corrected chi connectivity index (χ4v) is 3.21. The molecule has 0 saturated carbocycles. The highest BCUT2D eigenvalue weighted by atomic mass is 15.1. The Kier molecular flexibility index (Phi) is 3.86. The summed E-state index contributed by atoms with van der Waals surface area (Å²) >= 11 is 0. The van der Waals surface area contributed by atoms with Gasteiger partial charge in [-0.2, -0.15) is 0 Å². The summed E-state index contributed by atoms with van der Waals surface area (Å²) in [4.78, 5) is 1.68. The van der Waals surface area contributed by atoms with Crippen LogP contribution in [0.1, 0.15) is 43.0 Å². The third-order valence-corrected chi connectivity index (χ3v) is 4.58. The first kappa shape index (κ1) is 14.3. The van der Waals surface area contributed by atoms with Crippen molar-refractivity contribution in [1.82, 2.24) is 0 Å². The highest BCUT2D eigenvalue weighted by Crippen LogP contribution is 2.22. The van der Waals surface area contributed by atoms with Crippen LogP contribution >= 0.6 is 0 Å². The van der Waals surface area contributed by atoms with Gasteiger partial charge in [0.1, 0.15) is 13.1 Å². The van der Waals surface area contributed by atoms with Gasteiger partial charge in [0.2, 0.25) is 0 Å². The van der Waals surface area contributed by atoms with Gasteiger partial charge in [-0.25, -0.2) is 0 Å². The summed E-state index contributed by atoms with van der Waals surface area (Å²) in [7, 11) is 0. The van der Waals surface area contributed by atoms with E-state index in [0.717, 1.165) is 13.1 Å². The van der Waals surface area contributed by atoms with E-state index in [9.17, 15) is 0 Å². The van der Waals surface area contributed by atoms with Crippen LogP contribution in [0.25, 0.3) is 0 Å². The first-order valence-corrected chi connectivity index (χ1v) is 8.02. The van der Waals surface area contributed by atoms with Gasteiger partial charge in [0.05, 0.1) is 6.54 Å². The lowest BCUT2D eigenvalue weighted by Crippen LogP contribution is -3.10. The average Bonchev–Trinajstić information content (AvgIpc) is 2.47. The summed E-state index contributed by atoms with van der Waals surface area (Å²) in [5.74, 6) is 0. The van der Waals surface area contributed by atoms with E-state index in [2.05, 4.69) is 69.3 Å². The highest BCUT2D eigenvalue weighted by molar-refractivity contribution is 5.28. The summed E-state index contributed by atoms with van der Waals surface area (Å²) in [6.07, 6.45) is 1.21. The molecule has 0 saturated heterocycles. The molecular weight excluding hydrogens is 254 g/mol. The number of rotatable bonds is 2. The molecular formula is C20H26N+. The summed E-state index contributed by atoms with van der Waals surface area (Å²) in [6, 6.07) is 18.1. The van der Waals surface area contributed by atoms with E-state index in [4.69, 9.17) is 0 Å². The molecule has 0 radical (unpaired) electrons. The van der Waals surface area contributed by atoms with Crippen molar-refractivity contribution in [3.05, 3.63) is 70.8 Å². The Morgan fingerprint density at radius 3 is 2.24 bits per heavy atom. The number of nitrogens with one attached hydrogen (secondary N) is 1.